The van der Waals surface area contributed by atoms with Gasteiger partial charge in [0.25, 0.3) is 21.5 Å². The number of aromatic nitrogens is 1. The molecule has 12 nitrogen and oxygen atoms in total. The standard InChI is InChI=1S/C37H49N5O7S/c1-23-24(2)32(25(3)28-18-19-37(7,8)48-31(23)28)50(46,47)41-35(38)39-20-12-15-29(34(45)49-36(4,5)6)40-33(44)27-16-17-30(43)42(22-27)21-26-13-10-9-11-14-26/h9-11,13-14,16-17,22,29H,12,15,18-21H2,1-8H3,(H,40,44)(H3,38,39,41)/t29-/m0/s1. The number of nitrogens with two attached hydrogens (primary N) is 1. The van der Waals surface area contributed by atoms with Crippen molar-refractivity contribution in [2.45, 2.75) is 110 Å². The van der Waals surface area contributed by atoms with Crippen LogP contribution in [0.3, 0.4) is 0 Å². The molecule has 270 valence electrons. The Bertz CT molecular complexity index is 1940. The summed E-state index contributed by atoms with van der Waals surface area (Å²) in [7, 11) is -4.08. The molecule has 0 fully saturated rings. The highest BCUT2D eigenvalue weighted by atomic mass is 32.2. The maximum absolute atomic E-state index is 13.6. The molecule has 4 N–H and O–H groups in total. The van der Waals surface area contributed by atoms with Crippen LogP contribution in [0.4, 0.5) is 0 Å². The van der Waals surface area contributed by atoms with Crippen LogP contribution in [-0.2, 0) is 32.5 Å². The number of carbonyl (C=O) groups is 2. The average Bonchev–Trinajstić information content (AvgIpc) is 3.01. The summed E-state index contributed by atoms with van der Waals surface area (Å²) in [5.41, 5.74) is 8.54. The van der Waals surface area contributed by atoms with E-state index in [4.69, 9.17) is 15.2 Å². The second kappa shape index (κ2) is 15.1. The van der Waals surface area contributed by atoms with Crippen LogP contribution >= 0.6 is 0 Å². The molecule has 1 atom stereocenters. The second-order valence-corrected chi connectivity index (χ2v) is 15.9. The number of esters is 1. The summed E-state index contributed by atoms with van der Waals surface area (Å²) in [6.45, 7) is 14.9. The zero-order chi connectivity index (χ0) is 37.0. The topological polar surface area (TPSA) is 171 Å². The Hall–Kier alpha value is -4.65. The summed E-state index contributed by atoms with van der Waals surface area (Å²) in [6, 6.07) is 11.0. The molecular formula is C37H49N5O7S. The Kier molecular flexibility index (Phi) is 11.5. The van der Waals surface area contributed by atoms with Gasteiger partial charge in [-0.1, -0.05) is 30.3 Å². The maximum atomic E-state index is 13.6. The fourth-order valence-corrected chi connectivity index (χ4v) is 7.42. The van der Waals surface area contributed by atoms with Crippen LogP contribution in [0.15, 0.2) is 63.3 Å². The van der Waals surface area contributed by atoms with E-state index in [9.17, 15) is 22.8 Å². The van der Waals surface area contributed by atoms with E-state index < -0.39 is 33.5 Å². The predicted molar refractivity (Wildman–Crippen MR) is 193 cm³/mol. The molecule has 2 aromatic carbocycles. The molecule has 0 saturated heterocycles. The molecule has 50 heavy (non-hydrogen) atoms. The van der Waals surface area contributed by atoms with E-state index >= 15 is 0 Å². The van der Waals surface area contributed by atoms with Gasteiger partial charge < -0.3 is 25.1 Å². The van der Waals surface area contributed by atoms with Crippen molar-refractivity contribution in [1.82, 2.24) is 14.6 Å². The van der Waals surface area contributed by atoms with Gasteiger partial charge in [0, 0.05) is 18.8 Å². The third-order valence-corrected chi connectivity index (χ3v) is 10.2. The first-order valence-electron chi connectivity index (χ1n) is 16.7. The van der Waals surface area contributed by atoms with E-state index in [0.29, 0.717) is 17.5 Å². The van der Waals surface area contributed by atoms with Crippen LogP contribution in [0, 0.1) is 20.8 Å². The smallest absolute Gasteiger partial charge is 0.329 e. The molecule has 1 amide bonds. The number of hydrogen-bond acceptors (Lipinski definition) is 8. The van der Waals surface area contributed by atoms with Gasteiger partial charge in [-0.15, -0.1) is 0 Å². The van der Waals surface area contributed by atoms with Gasteiger partial charge in [-0.3, -0.25) is 14.6 Å². The van der Waals surface area contributed by atoms with Gasteiger partial charge in [0.1, 0.15) is 23.0 Å². The lowest BCUT2D eigenvalue weighted by Crippen LogP contribution is -2.44. The summed E-state index contributed by atoms with van der Waals surface area (Å²) >= 11 is 0. The molecule has 0 radical (unpaired) electrons. The number of rotatable bonds is 11. The Morgan fingerprint density at radius 3 is 2.40 bits per heavy atom. The van der Waals surface area contributed by atoms with Crippen molar-refractivity contribution in [3.05, 3.63) is 92.4 Å². The number of fused-ring (bicyclic) bond motifs is 1. The fraction of sp³-hybridized carbons (Fsp3) is 0.459. The number of nitrogens with zero attached hydrogens (tertiary/aromatic N) is 2. The minimum atomic E-state index is -4.08. The molecule has 1 aromatic heterocycles. The van der Waals surface area contributed by atoms with Crippen LogP contribution in [0.1, 0.15) is 92.1 Å². The van der Waals surface area contributed by atoms with Crippen LogP contribution in [0.25, 0.3) is 0 Å². The SMILES string of the molecule is Cc1c(C)c(S(=O)(=O)NC(N)=NCCC[C@H](NC(=O)c2ccc(=O)n(Cc3ccccc3)c2)C(=O)OC(C)(C)C)c(C)c2c1OC(C)(C)CC2. The first-order chi connectivity index (χ1) is 23.3. The summed E-state index contributed by atoms with van der Waals surface area (Å²) in [5, 5.41) is 2.73. The molecule has 0 spiro atoms. The lowest BCUT2D eigenvalue weighted by molar-refractivity contribution is -0.157. The molecule has 4 rings (SSSR count). The second-order valence-electron chi connectivity index (χ2n) is 14.3. The molecule has 1 aliphatic heterocycles. The predicted octanol–water partition coefficient (Wildman–Crippen LogP) is 4.44. The zero-order valence-electron chi connectivity index (χ0n) is 30.2. The summed E-state index contributed by atoms with van der Waals surface area (Å²) in [6.07, 6.45) is 3.30. The third kappa shape index (κ3) is 9.52. The van der Waals surface area contributed by atoms with Crippen LogP contribution in [0.2, 0.25) is 0 Å². The Morgan fingerprint density at radius 2 is 1.74 bits per heavy atom. The van der Waals surface area contributed by atoms with E-state index in [2.05, 4.69) is 15.0 Å². The van der Waals surface area contributed by atoms with Crippen molar-refractivity contribution < 1.29 is 27.5 Å². The van der Waals surface area contributed by atoms with Gasteiger partial charge in [0.15, 0.2) is 0 Å². The van der Waals surface area contributed by atoms with Crippen LogP contribution < -0.4 is 26.1 Å². The maximum Gasteiger partial charge on any atom is 0.329 e. The number of ether oxygens (including phenoxy) is 2. The number of benzene rings is 2. The molecule has 13 heteroatoms. The van der Waals surface area contributed by atoms with Gasteiger partial charge in [-0.2, -0.15) is 0 Å². The zero-order valence-corrected chi connectivity index (χ0v) is 31.0. The van der Waals surface area contributed by atoms with E-state index in [1.165, 1.54) is 22.9 Å². The van der Waals surface area contributed by atoms with Gasteiger partial charge in [0.2, 0.25) is 5.96 Å². The molecule has 0 bridgehead atoms. The number of aliphatic imine (C=N–C) groups is 1. The van der Waals surface area contributed by atoms with Crippen molar-refractivity contribution in [2.24, 2.45) is 10.7 Å². The quantitative estimate of drug-likeness (QED) is 0.114. The van der Waals surface area contributed by atoms with Gasteiger partial charge in [0.05, 0.1) is 17.0 Å². The number of guanidine groups is 1. The van der Waals surface area contributed by atoms with Gasteiger partial charge >= 0.3 is 5.97 Å². The Morgan fingerprint density at radius 1 is 1.06 bits per heavy atom. The number of nitrogens with one attached hydrogen (secondary N) is 2. The summed E-state index contributed by atoms with van der Waals surface area (Å²) in [4.78, 5) is 43.3. The molecule has 2 heterocycles. The lowest BCUT2D eigenvalue weighted by atomic mass is 9.88. The lowest BCUT2D eigenvalue weighted by Gasteiger charge is -2.35. The van der Waals surface area contributed by atoms with Gasteiger partial charge in [-0.05, 0) is 115 Å². The number of carbonyl (C=O) groups excluding carboxylic acids is 2. The van der Waals surface area contributed by atoms with E-state index in [-0.39, 0.29) is 53.5 Å². The number of sulfonamides is 1. The van der Waals surface area contributed by atoms with E-state index in [1.54, 1.807) is 34.6 Å². The minimum absolute atomic E-state index is 0.0651. The normalized spacial score (nSPS) is 15.0. The van der Waals surface area contributed by atoms with Crippen molar-refractivity contribution in [3.63, 3.8) is 0 Å². The van der Waals surface area contributed by atoms with Gasteiger partial charge in [-0.25, -0.2) is 17.9 Å². The van der Waals surface area contributed by atoms with Crippen molar-refractivity contribution in [3.8, 4) is 5.75 Å². The van der Waals surface area contributed by atoms with E-state index in [0.717, 1.165) is 28.9 Å². The minimum Gasteiger partial charge on any atom is -0.487 e. The Balaban J connectivity index is 1.45. The highest BCUT2D eigenvalue weighted by Gasteiger charge is 2.34. The third-order valence-electron chi connectivity index (χ3n) is 8.55. The molecule has 3 aromatic rings. The highest BCUT2D eigenvalue weighted by Crippen LogP contribution is 2.42. The monoisotopic (exact) mass is 707 g/mol. The largest absolute Gasteiger partial charge is 0.487 e. The van der Waals surface area contributed by atoms with Crippen molar-refractivity contribution >= 4 is 27.9 Å². The number of hydrogen-bond donors (Lipinski definition) is 3. The highest BCUT2D eigenvalue weighted by molar-refractivity contribution is 7.90. The molecular weight excluding hydrogens is 659 g/mol. The fourth-order valence-electron chi connectivity index (χ4n) is 5.90. The molecule has 0 saturated carbocycles. The first kappa shape index (κ1) is 38.2. The summed E-state index contributed by atoms with van der Waals surface area (Å²) < 4.78 is 42.8. The van der Waals surface area contributed by atoms with Crippen molar-refractivity contribution in [1.29, 1.82) is 0 Å². The van der Waals surface area contributed by atoms with Crippen LogP contribution in [-0.4, -0.2) is 54.6 Å². The number of pyridine rings is 1. The molecule has 0 aliphatic carbocycles. The Labute approximate surface area is 294 Å². The van der Waals surface area contributed by atoms with Crippen molar-refractivity contribution in [2.75, 3.05) is 6.54 Å². The molecule has 1 aliphatic rings. The van der Waals surface area contributed by atoms with E-state index in [1.807, 2.05) is 51.1 Å². The molecule has 0 unspecified atom stereocenters. The first-order valence-corrected chi connectivity index (χ1v) is 18.2. The van der Waals surface area contributed by atoms with Crippen LogP contribution in [0.5, 0.6) is 5.75 Å². The average molecular weight is 708 g/mol. The number of amides is 1. The summed E-state index contributed by atoms with van der Waals surface area (Å²) in [5.74, 6) is -0.756.